The number of nitrogens with one attached hydrogen (secondary N) is 2. The van der Waals surface area contributed by atoms with Gasteiger partial charge in [0, 0.05) is 30.6 Å². The lowest BCUT2D eigenvalue weighted by molar-refractivity contribution is -0.0596. The van der Waals surface area contributed by atoms with Crippen LogP contribution in [-0.2, 0) is 70.0 Å². The number of rotatable bonds is 23. The van der Waals surface area contributed by atoms with Crippen LogP contribution in [0, 0.1) is 5.92 Å². The smallest absolute Gasteiger partial charge is 0.338 e. The van der Waals surface area contributed by atoms with Gasteiger partial charge in [0.1, 0.15) is 48.9 Å². The van der Waals surface area contributed by atoms with Gasteiger partial charge in [-0.15, -0.1) is 0 Å². The van der Waals surface area contributed by atoms with E-state index < -0.39 is 126 Å². The van der Waals surface area contributed by atoms with E-state index >= 15 is 0 Å². The molecule has 3 aliphatic heterocycles. The molecule has 0 spiro atoms. The van der Waals surface area contributed by atoms with Crippen LogP contribution in [0.2, 0.25) is 0 Å². The second-order valence-electron chi connectivity index (χ2n) is 20.8. The van der Waals surface area contributed by atoms with Gasteiger partial charge in [0.2, 0.25) is 0 Å². The highest BCUT2D eigenvalue weighted by molar-refractivity contribution is 8.07. The Hall–Kier alpha value is -7.23. The average Bonchev–Trinajstić information content (AvgIpc) is 1.65. The second-order valence-corrected chi connectivity index (χ2v) is 28.2. The number of carbonyl (C=O) groups is 3. The third-order valence-electron chi connectivity index (χ3n) is 15.0. The predicted molar refractivity (Wildman–Crippen MR) is 323 cm³/mol. The number of anilines is 2. The first-order valence-electron chi connectivity index (χ1n) is 27.6. The van der Waals surface area contributed by atoms with E-state index in [0.29, 0.717) is 22.3 Å². The second kappa shape index (κ2) is 26.5. The molecule has 9 aromatic rings. The predicted octanol–water partition coefficient (Wildman–Crippen LogP) is 5.77. The number of hydrogen-bond donors (Lipinski definition) is 6. The highest BCUT2D eigenvalue weighted by atomic mass is 32.5. The zero-order valence-electron chi connectivity index (χ0n) is 47.2. The number of esters is 1. The highest BCUT2D eigenvalue weighted by Crippen LogP contribution is 2.54. The van der Waals surface area contributed by atoms with Crippen molar-refractivity contribution in [3.8, 4) is 0 Å². The minimum Gasteiger partial charge on any atom is -0.454 e. The summed E-state index contributed by atoms with van der Waals surface area (Å²) in [4.78, 5) is 123. The Balaban J connectivity index is 0.806. The van der Waals surface area contributed by atoms with Gasteiger partial charge < -0.3 is 67.5 Å². The first-order valence-corrected chi connectivity index (χ1v) is 34.6. The molecule has 2 unspecified atom stereocenters. The molecule has 0 saturated carbocycles. The van der Waals surface area contributed by atoms with Crippen molar-refractivity contribution in [1.29, 1.82) is 0 Å². The van der Waals surface area contributed by atoms with Crippen LogP contribution in [0.25, 0.3) is 33.5 Å². The number of carbonyl (C=O) groups excluding carboxylic acids is 3. The van der Waals surface area contributed by atoms with E-state index in [1.165, 1.54) is 65.0 Å². The lowest BCUT2D eigenvalue weighted by atomic mass is 10.0. The summed E-state index contributed by atoms with van der Waals surface area (Å²) < 4.78 is 72.9. The number of amides is 2. The molecule has 13 atom stereocenters. The zero-order valence-corrected chi connectivity index (χ0v) is 51.5. The van der Waals surface area contributed by atoms with Gasteiger partial charge in [0.05, 0.1) is 62.3 Å². The number of benzene rings is 3. The van der Waals surface area contributed by atoms with Crippen molar-refractivity contribution in [3.05, 3.63) is 152 Å². The third-order valence-corrected chi connectivity index (χ3v) is 19.0. The molecule has 3 aliphatic rings. The van der Waals surface area contributed by atoms with Crippen LogP contribution in [0.3, 0.4) is 0 Å². The standard InChI is InChI=1S/C54H55N14O17P3S2/c1-30-37(81-52(41(30)83-54(71)33-16-10-5-11-17-33)67-28-62-39-44(56-25-59-47(39)67)64-49(69)31-12-6-3-7-13-31)22-78-88(76,90)85-43-42(77-2)38(82-53(43)68-29-63-40-45(57-26-60-48(40)68)65-50(70)32-14-8-4-9-15-32)23-79-87(75,89)84-36-20-34(18-19-86(72,73)74)80-51(36)66-27-61-35-21-55-24-58-46(35)66/h3-17,21,24-30,34,36-38,41-43,51-53H,18-20,22-23H2,1-2H3,(H,75,89)(H,76,90)(H2,72,73,74)(H,56,59,64,69)(H,57,60,65,70)/t30-,34-,36-,37-,38-,41-,42-,43-,51-,52-,53-,87?,88?/m1/s1. The molecule has 3 aromatic carbocycles. The van der Waals surface area contributed by atoms with Crippen LogP contribution in [0.5, 0.6) is 0 Å². The molecule has 3 saturated heterocycles. The number of methoxy groups -OCH3 is 1. The van der Waals surface area contributed by atoms with Gasteiger partial charge in [-0.05, 0) is 66.4 Å². The molecule has 6 aromatic heterocycles. The molecule has 470 valence electrons. The van der Waals surface area contributed by atoms with Gasteiger partial charge in [-0.2, -0.15) is 0 Å². The number of hydrogen-bond acceptors (Lipinski definition) is 24. The molecule has 2 amide bonds. The normalized spacial score (nSPS) is 24.9. The van der Waals surface area contributed by atoms with Gasteiger partial charge in [0.15, 0.2) is 64.4 Å². The van der Waals surface area contributed by atoms with Crippen molar-refractivity contribution in [3.63, 3.8) is 0 Å². The minimum atomic E-state index is -4.49. The SMILES string of the molecule is CO[C@H]1[C@@H](OP(O)(=S)OC[C@H]2O[C@@H](n3cnc4c(NC(=O)c5ccccc5)ncnc43)[C@H](OC(=O)c3ccccc3)[C@@H]2C)[C@H](n2cnc3c(NC(=O)c4ccccc4)ncnc32)O[C@@H]1COP(O)(=S)O[C@@H]1C[C@@H](CCP(=O)(O)O)O[C@H]1n1cnc2cncnc21. The summed E-state index contributed by atoms with van der Waals surface area (Å²) in [6.07, 6.45) is -2.48. The molecule has 36 heteroatoms. The number of ether oxygens (including phenoxy) is 5. The van der Waals surface area contributed by atoms with Crippen molar-refractivity contribution < 1.29 is 80.3 Å². The third kappa shape index (κ3) is 13.8. The molecule has 12 rings (SSSR count). The fourth-order valence-corrected chi connectivity index (χ4v) is 14.2. The molecular formula is C54H55N14O17P3S2. The summed E-state index contributed by atoms with van der Waals surface area (Å²) >= 11 is 11.4. The summed E-state index contributed by atoms with van der Waals surface area (Å²) in [6.45, 7) is -8.07. The highest BCUT2D eigenvalue weighted by Gasteiger charge is 2.52. The first-order chi connectivity index (χ1) is 43.3. The van der Waals surface area contributed by atoms with Gasteiger partial charge >= 0.3 is 27.0 Å². The summed E-state index contributed by atoms with van der Waals surface area (Å²) in [6, 6.07) is 25.2. The average molecular weight is 1330 g/mol. The van der Waals surface area contributed by atoms with E-state index in [9.17, 15) is 38.5 Å². The Kier molecular flexibility index (Phi) is 18.6. The maximum absolute atomic E-state index is 13.8. The van der Waals surface area contributed by atoms with E-state index in [1.807, 2.05) is 0 Å². The summed E-state index contributed by atoms with van der Waals surface area (Å²) in [7, 11) is -3.11. The largest absolute Gasteiger partial charge is 0.454 e. The Morgan fingerprint density at radius 1 is 0.611 bits per heavy atom. The summed E-state index contributed by atoms with van der Waals surface area (Å²) in [5, 5.41) is 5.55. The molecule has 9 heterocycles. The lowest BCUT2D eigenvalue weighted by Crippen LogP contribution is -2.37. The van der Waals surface area contributed by atoms with E-state index in [1.54, 1.807) is 97.9 Å². The van der Waals surface area contributed by atoms with Crippen molar-refractivity contribution >= 4 is 108 Å². The van der Waals surface area contributed by atoms with Crippen LogP contribution in [0.15, 0.2) is 135 Å². The maximum Gasteiger partial charge on any atom is 0.338 e. The van der Waals surface area contributed by atoms with Crippen molar-refractivity contribution in [2.24, 2.45) is 5.92 Å². The molecular weight excluding hydrogens is 1270 g/mol. The fraction of sp³-hybridized carbons (Fsp3) is 0.333. The monoisotopic (exact) mass is 1330 g/mol. The number of aromatic nitrogens is 12. The Morgan fingerprint density at radius 2 is 1.12 bits per heavy atom. The van der Waals surface area contributed by atoms with Crippen molar-refractivity contribution in [1.82, 2.24) is 58.6 Å². The maximum atomic E-state index is 13.8. The van der Waals surface area contributed by atoms with Crippen molar-refractivity contribution in [2.45, 2.75) is 81.2 Å². The van der Waals surface area contributed by atoms with Crippen LogP contribution in [0.1, 0.15) is 69.5 Å². The molecule has 90 heavy (non-hydrogen) atoms. The summed E-state index contributed by atoms with van der Waals surface area (Å²) in [5.74, 6) is -2.15. The van der Waals surface area contributed by atoms with E-state index in [-0.39, 0.29) is 52.4 Å². The number of imidazole rings is 3. The molecule has 0 aliphatic carbocycles. The van der Waals surface area contributed by atoms with Gasteiger partial charge in [-0.3, -0.25) is 32.4 Å². The van der Waals surface area contributed by atoms with E-state index in [4.69, 9.17) is 65.4 Å². The Morgan fingerprint density at radius 3 is 1.70 bits per heavy atom. The van der Waals surface area contributed by atoms with Crippen molar-refractivity contribution in [2.75, 3.05) is 37.1 Å². The van der Waals surface area contributed by atoms with E-state index in [0.717, 1.165) is 0 Å². The van der Waals surface area contributed by atoms with Crippen LogP contribution >= 0.6 is 21.0 Å². The Bertz CT molecular complexity index is 4240. The van der Waals surface area contributed by atoms with E-state index in [2.05, 4.69) is 55.5 Å². The molecule has 31 nitrogen and oxygen atoms in total. The van der Waals surface area contributed by atoms with Crippen LogP contribution < -0.4 is 10.6 Å². The molecule has 3 fully saturated rings. The first kappa shape index (κ1) is 62.9. The van der Waals surface area contributed by atoms with Gasteiger partial charge in [-0.1, -0.05) is 61.5 Å². The molecule has 0 radical (unpaired) electrons. The molecule has 0 bridgehead atoms. The zero-order chi connectivity index (χ0) is 62.9. The van der Waals surface area contributed by atoms with Gasteiger partial charge in [-0.25, -0.2) is 49.7 Å². The topological polar surface area (TPSA) is 387 Å². The minimum absolute atomic E-state index is 0.0122. The number of fused-ring (bicyclic) bond motifs is 3. The Labute approximate surface area is 520 Å². The van der Waals surface area contributed by atoms with Gasteiger partial charge in [0.25, 0.3) is 11.8 Å². The van der Waals surface area contributed by atoms with Crippen LogP contribution in [0.4, 0.5) is 11.6 Å². The number of nitrogens with zero attached hydrogens (tertiary/aromatic N) is 12. The quantitative estimate of drug-likeness (QED) is 0.0327. The fourth-order valence-electron chi connectivity index (χ4n) is 10.7. The molecule has 6 N–H and O–H groups in total. The summed E-state index contributed by atoms with van der Waals surface area (Å²) in [5.41, 5.74) is 2.36. The lowest BCUT2D eigenvalue weighted by Gasteiger charge is -2.28. The van der Waals surface area contributed by atoms with Crippen LogP contribution in [-0.4, -0.2) is 165 Å².